The van der Waals surface area contributed by atoms with Gasteiger partial charge in [0.05, 0.1) is 6.20 Å². The number of pyridine rings is 1. The van der Waals surface area contributed by atoms with Crippen molar-refractivity contribution in [2.24, 2.45) is 0 Å². The summed E-state index contributed by atoms with van der Waals surface area (Å²) < 4.78 is 1.82. The fourth-order valence-electron chi connectivity index (χ4n) is 1.70. The molecule has 2 heterocycles. The molecule has 3 heteroatoms. The van der Waals surface area contributed by atoms with Crippen LogP contribution in [0.25, 0.3) is 16.4 Å². The normalized spacial score (nSPS) is 11.1. The minimum Gasteiger partial charge on any atom is -0.492 e. The van der Waals surface area contributed by atoms with Gasteiger partial charge in [0.25, 0.3) is 0 Å². The molecule has 14 heavy (non-hydrogen) atoms. The van der Waals surface area contributed by atoms with Crippen molar-refractivity contribution in [2.45, 2.75) is 0 Å². The fourth-order valence-corrected chi connectivity index (χ4v) is 1.70. The molecule has 2 aromatic heterocycles. The Morgan fingerprint density at radius 1 is 1.14 bits per heavy atom. The molecule has 0 saturated carbocycles. The Balaban J connectivity index is 2.60. The number of aromatic hydroxyl groups is 1. The maximum Gasteiger partial charge on any atom is 0.230 e. The standard InChI is InChI=1S/C11H8N2O/c14-10-7-13-6-5-8-3-1-2-4-9(8)11(13)12-10/h1-7,14H. The number of imidazole rings is 1. The molecule has 0 aliphatic heterocycles. The number of hydrogen-bond acceptors (Lipinski definition) is 2. The van der Waals surface area contributed by atoms with Crippen molar-refractivity contribution in [2.75, 3.05) is 0 Å². The van der Waals surface area contributed by atoms with Crippen LogP contribution in [0.5, 0.6) is 5.88 Å². The molecule has 0 spiro atoms. The van der Waals surface area contributed by atoms with Crippen LogP contribution in [0.2, 0.25) is 0 Å². The summed E-state index contributed by atoms with van der Waals surface area (Å²) >= 11 is 0. The zero-order valence-electron chi connectivity index (χ0n) is 7.38. The Morgan fingerprint density at radius 2 is 2.00 bits per heavy atom. The molecular weight excluding hydrogens is 176 g/mol. The van der Waals surface area contributed by atoms with Gasteiger partial charge in [0, 0.05) is 11.6 Å². The van der Waals surface area contributed by atoms with Gasteiger partial charge in [0.2, 0.25) is 5.88 Å². The minimum absolute atomic E-state index is 0.0568. The quantitative estimate of drug-likeness (QED) is 0.581. The SMILES string of the molecule is Oc1cn2ccc3ccccc3c2n1. The Hall–Kier alpha value is -2.03. The largest absolute Gasteiger partial charge is 0.492 e. The van der Waals surface area contributed by atoms with E-state index in [1.807, 2.05) is 40.9 Å². The fraction of sp³-hybridized carbons (Fsp3) is 0. The van der Waals surface area contributed by atoms with Crippen molar-refractivity contribution >= 4 is 16.4 Å². The number of aromatic nitrogens is 2. The van der Waals surface area contributed by atoms with E-state index in [9.17, 15) is 5.11 Å². The number of rotatable bonds is 0. The van der Waals surface area contributed by atoms with Crippen LogP contribution < -0.4 is 0 Å². The first-order valence-corrected chi connectivity index (χ1v) is 4.40. The van der Waals surface area contributed by atoms with E-state index in [2.05, 4.69) is 4.98 Å². The number of nitrogens with zero attached hydrogens (tertiary/aromatic N) is 2. The maximum absolute atomic E-state index is 9.28. The van der Waals surface area contributed by atoms with E-state index < -0.39 is 0 Å². The highest BCUT2D eigenvalue weighted by Gasteiger charge is 2.02. The van der Waals surface area contributed by atoms with Gasteiger partial charge in [-0.05, 0) is 11.5 Å². The molecule has 0 saturated heterocycles. The van der Waals surface area contributed by atoms with Crippen LogP contribution in [-0.4, -0.2) is 14.5 Å². The number of hydrogen-bond donors (Lipinski definition) is 1. The molecule has 3 aromatic rings. The molecule has 0 radical (unpaired) electrons. The van der Waals surface area contributed by atoms with E-state index in [1.54, 1.807) is 6.20 Å². The van der Waals surface area contributed by atoms with Crippen molar-refractivity contribution in [1.82, 2.24) is 9.38 Å². The third-order valence-electron chi connectivity index (χ3n) is 2.34. The predicted octanol–water partition coefficient (Wildman–Crippen LogP) is 2.19. The molecule has 68 valence electrons. The van der Waals surface area contributed by atoms with Gasteiger partial charge in [-0.25, -0.2) is 0 Å². The highest BCUT2D eigenvalue weighted by atomic mass is 16.3. The molecule has 1 N–H and O–H groups in total. The van der Waals surface area contributed by atoms with Crippen LogP contribution in [-0.2, 0) is 0 Å². The average molecular weight is 184 g/mol. The summed E-state index contributed by atoms with van der Waals surface area (Å²) in [5.41, 5.74) is 0.792. The molecule has 3 nitrogen and oxygen atoms in total. The lowest BCUT2D eigenvalue weighted by atomic mass is 10.2. The summed E-state index contributed by atoms with van der Waals surface area (Å²) in [5.74, 6) is 0.0568. The molecule has 0 aliphatic carbocycles. The van der Waals surface area contributed by atoms with E-state index in [-0.39, 0.29) is 5.88 Å². The number of fused-ring (bicyclic) bond motifs is 3. The van der Waals surface area contributed by atoms with Crippen LogP contribution in [0.3, 0.4) is 0 Å². The summed E-state index contributed by atoms with van der Waals surface area (Å²) in [6, 6.07) is 9.98. The monoisotopic (exact) mass is 184 g/mol. The van der Waals surface area contributed by atoms with Gasteiger partial charge >= 0.3 is 0 Å². The Labute approximate surface area is 80.2 Å². The maximum atomic E-state index is 9.28. The molecule has 0 amide bonds. The summed E-state index contributed by atoms with van der Waals surface area (Å²) in [6.07, 6.45) is 3.49. The van der Waals surface area contributed by atoms with Crippen LogP contribution in [0.15, 0.2) is 42.7 Å². The smallest absolute Gasteiger partial charge is 0.230 e. The minimum atomic E-state index is 0.0568. The molecule has 0 unspecified atom stereocenters. The Bertz CT molecular complexity index is 613. The molecule has 0 atom stereocenters. The van der Waals surface area contributed by atoms with Crippen molar-refractivity contribution in [3.8, 4) is 5.88 Å². The van der Waals surface area contributed by atoms with Gasteiger partial charge in [-0.3, -0.25) is 0 Å². The van der Waals surface area contributed by atoms with Gasteiger partial charge in [-0.2, -0.15) is 4.98 Å². The van der Waals surface area contributed by atoms with Gasteiger partial charge in [0.15, 0.2) is 0 Å². The second kappa shape index (κ2) is 2.48. The third kappa shape index (κ3) is 0.893. The number of benzene rings is 1. The van der Waals surface area contributed by atoms with Crippen LogP contribution >= 0.6 is 0 Å². The molecular formula is C11H8N2O. The zero-order valence-corrected chi connectivity index (χ0v) is 7.38. The van der Waals surface area contributed by atoms with Gasteiger partial charge < -0.3 is 9.51 Å². The van der Waals surface area contributed by atoms with Crippen LogP contribution in [0, 0.1) is 0 Å². The lowest BCUT2D eigenvalue weighted by molar-refractivity contribution is 0.457. The van der Waals surface area contributed by atoms with Crippen molar-refractivity contribution in [3.05, 3.63) is 42.7 Å². The average Bonchev–Trinajstić information content (AvgIpc) is 2.59. The van der Waals surface area contributed by atoms with E-state index in [0.29, 0.717) is 0 Å². The summed E-state index contributed by atoms with van der Waals surface area (Å²) in [4.78, 5) is 4.06. The van der Waals surface area contributed by atoms with Crippen LogP contribution in [0.1, 0.15) is 0 Å². The second-order valence-corrected chi connectivity index (χ2v) is 3.23. The molecule has 1 aromatic carbocycles. The first-order chi connectivity index (χ1) is 6.84. The van der Waals surface area contributed by atoms with Crippen molar-refractivity contribution in [1.29, 1.82) is 0 Å². The Morgan fingerprint density at radius 3 is 2.93 bits per heavy atom. The first kappa shape index (κ1) is 7.38. The first-order valence-electron chi connectivity index (χ1n) is 4.40. The van der Waals surface area contributed by atoms with Gasteiger partial charge in [-0.1, -0.05) is 24.3 Å². The van der Waals surface area contributed by atoms with E-state index in [4.69, 9.17) is 0 Å². The third-order valence-corrected chi connectivity index (χ3v) is 2.34. The van der Waals surface area contributed by atoms with Crippen molar-refractivity contribution < 1.29 is 5.11 Å². The highest BCUT2D eigenvalue weighted by Crippen LogP contribution is 2.20. The molecule has 3 rings (SSSR count). The topological polar surface area (TPSA) is 37.5 Å². The molecule has 0 aliphatic rings. The lowest BCUT2D eigenvalue weighted by Gasteiger charge is -1.98. The summed E-state index contributed by atoms with van der Waals surface area (Å²) in [7, 11) is 0. The summed E-state index contributed by atoms with van der Waals surface area (Å²) in [5, 5.41) is 11.5. The van der Waals surface area contributed by atoms with E-state index >= 15 is 0 Å². The van der Waals surface area contributed by atoms with Crippen molar-refractivity contribution in [3.63, 3.8) is 0 Å². The molecule has 0 bridgehead atoms. The zero-order chi connectivity index (χ0) is 9.54. The molecule has 0 fully saturated rings. The second-order valence-electron chi connectivity index (χ2n) is 3.23. The predicted molar refractivity (Wildman–Crippen MR) is 54.4 cm³/mol. The van der Waals surface area contributed by atoms with E-state index in [0.717, 1.165) is 16.4 Å². The summed E-state index contributed by atoms with van der Waals surface area (Å²) in [6.45, 7) is 0. The van der Waals surface area contributed by atoms with Gasteiger partial charge in [0.1, 0.15) is 5.65 Å². The lowest BCUT2D eigenvalue weighted by Crippen LogP contribution is -1.83. The van der Waals surface area contributed by atoms with E-state index in [1.165, 1.54) is 0 Å². The van der Waals surface area contributed by atoms with Crippen LogP contribution in [0.4, 0.5) is 0 Å². The highest BCUT2D eigenvalue weighted by molar-refractivity contribution is 5.93. The Kier molecular flexibility index (Phi) is 1.31. The van der Waals surface area contributed by atoms with Gasteiger partial charge in [-0.15, -0.1) is 0 Å².